The quantitative estimate of drug-likeness (QED) is 0.192. The minimum atomic E-state index is -2.32. The summed E-state index contributed by atoms with van der Waals surface area (Å²) in [6, 6.07) is 0. The fraction of sp³-hybridized carbons (Fsp3) is 0.606. The van der Waals surface area contributed by atoms with E-state index in [1.54, 1.807) is 6.92 Å². The van der Waals surface area contributed by atoms with E-state index in [1.165, 1.54) is 52.8 Å². The molecule has 0 spiro atoms. The third-order valence-corrected chi connectivity index (χ3v) is 8.15. The first-order valence-electron chi connectivity index (χ1n) is 14.8. The Morgan fingerprint density at radius 3 is 1.83 bits per heavy atom. The average Bonchev–Trinajstić information content (AvgIpc) is 3.14. The van der Waals surface area contributed by atoms with Crippen LogP contribution in [0.4, 0.5) is 0 Å². The van der Waals surface area contributed by atoms with Crippen molar-refractivity contribution in [1.82, 2.24) is 0 Å². The molecule has 2 rings (SSSR count). The van der Waals surface area contributed by atoms with Crippen molar-refractivity contribution in [1.29, 1.82) is 0 Å². The number of esters is 5. The molecule has 0 amide bonds. The van der Waals surface area contributed by atoms with Crippen LogP contribution < -0.4 is 0 Å². The molecule has 0 saturated heterocycles. The second-order valence-electron chi connectivity index (χ2n) is 12.6. The number of aliphatic hydroxyl groups is 1. The molecule has 13 heteroatoms. The van der Waals surface area contributed by atoms with Gasteiger partial charge in [-0.2, -0.15) is 0 Å². The van der Waals surface area contributed by atoms with Crippen LogP contribution in [-0.2, 0) is 57.2 Å². The molecule has 0 bridgehead atoms. The van der Waals surface area contributed by atoms with Gasteiger partial charge < -0.3 is 28.8 Å². The van der Waals surface area contributed by atoms with Gasteiger partial charge in [0.1, 0.15) is 17.8 Å². The predicted molar refractivity (Wildman–Crippen MR) is 160 cm³/mol. The first-order chi connectivity index (χ1) is 21.0. The molecule has 3 unspecified atom stereocenters. The third-order valence-electron chi connectivity index (χ3n) is 8.15. The summed E-state index contributed by atoms with van der Waals surface area (Å²) in [4.78, 5) is 91.9. The second-order valence-corrected chi connectivity index (χ2v) is 12.6. The van der Waals surface area contributed by atoms with Gasteiger partial charge in [-0.25, -0.2) is 4.79 Å². The lowest BCUT2D eigenvalue weighted by Crippen LogP contribution is -2.58. The van der Waals surface area contributed by atoms with Crippen LogP contribution in [0.1, 0.15) is 75.7 Å². The molecule has 46 heavy (non-hydrogen) atoms. The van der Waals surface area contributed by atoms with E-state index in [0.717, 1.165) is 27.7 Å². The maximum atomic E-state index is 14.4. The Hall–Kier alpha value is -4.13. The van der Waals surface area contributed by atoms with Gasteiger partial charge >= 0.3 is 29.8 Å². The molecule has 0 radical (unpaired) electrons. The maximum Gasteiger partial charge on any atom is 0.334 e. The molecule has 0 aromatic rings. The van der Waals surface area contributed by atoms with Crippen LogP contribution in [0.25, 0.3) is 0 Å². The molecule has 2 aliphatic carbocycles. The number of hydrogen-bond donors (Lipinski definition) is 1. The van der Waals surface area contributed by atoms with Gasteiger partial charge in [0.2, 0.25) is 6.10 Å². The molecule has 1 N–H and O–H groups in total. The van der Waals surface area contributed by atoms with Gasteiger partial charge in [0, 0.05) is 56.6 Å². The minimum Gasteiger partial charge on any atom is -0.459 e. The summed E-state index contributed by atoms with van der Waals surface area (Å²) >= 11 is 0. The van der Waals surface area contributed by atoms with Crippen LogP contribution in [0.3, 0.4) is 0 Å². The zero-order valence-corrected chi connectivity index (χ0v) is 28.0. The Balaban J connectivity index is 3.15. The predicted octanol–water partition coefficient (Wildman–Crippen LogP) is 2.66. The highest BCUT2D eigenvalue weighted by molar-refractivity contribution is 5.97. The number of hydrogen-bond acceptors (Lipinski definition) is 13. The largest absolute Gasteiger partial charge is 0.459 e. The number of Topliss-reactive ketones (excluding diaryl/α,β-unsaturated/α-hetero) is 2. The molecule has 0 aromatic heterocycles. The Bertz CT molecular complexity index is 1370. The number of carbonyl (C=O) groups is 7. The van der Waals surface area contributed by atoms with Crippen molar-refractivity contribution < 1.29 is 62.4 Å². The number of fused-ring (bicyclic) bond motifs is 1. The van der Waals surface area contributed by atoms with Crippen LogP contribution in [0, 0.1) is 17.3 Å². The van der Waals surface area contributed by atoms with E-state index < -0.39 is 101 Å². The van der Waals surface area contributed by atoms with Gasteiger partial charge in [0.25, 0.3) is 0 Å². The molecule has 0 aromatic carbocycles. The number of ether oxygens (including phenoxy) is 5. The van der Waals surface area contributed by atoms with Crippen molar-refractivity contribution in [3.8, 4) is 0 Å². The van der Waals surface area contributed by atoms with Crippen LogP contribution in [0.15, 0.2) is 36.0 Å². The number of carbonyl (C=O) groups excluding carboxylic acids is 7. The van der Waals surface area contributed by atoms with Gasteiger partial charge in [-0.15, -0.1) is 0 Å². The lowest BCUT2D eigenvalue weighted by molar-refractivity contribution is -0.188. The van der Waals surface area contributed by atoms with Crippen molar-refractivity contribution in [3.05, 3.63) is 36.0 Å². The van der Waals surface area contributed by atoms with Gasteiger partial charge in [-0.1, -0.05) is 31.7 Å². The zero-order chi connectivity index (χ0) is 35.5. The summed E-state index contributed by atoms with van der Waals surface area (Å²) in [6.45, 7) is 16.8. The van der Waals surface area contributed by atoms with Crippen molar-refractivity contribution in [2.24, 2.45) is 17.3 Å². The van der Waals surface area contributed by atoms with E-state index >= 15 is 0 Å². The fourth-order valence-electron chi connectivity index (χ4n) is 5.94. The average molecular weight is 649 g/mol. The van der Waals surface area contributed by atoms with E-state index in [9.17, 15) is 38.7 Å². The van der Waals surface area contributed by atoms with Crippen LogP contribution in [0.5, 0.6) is 0 Å². The third kappa shape index (κ3) is 7.98. The Labute approximate surface area is 268 Å². The van der Waals surface area contributed by atoms with Gasteiger partial charge in [-0.05, 0) is 34.6 Å². The molecule has 8 atom stereocenters. The summed E-state index contributed by atoms with van der Waals surface area (Å²) in [5.41, 5.74) is -6.11. The van der Waals surface area contributed by atoms with Crippen molar-refractivity contribution in [2.75, 3.05) is 0 Å². The molecule has 13 nitrogen and oxygen atoms in total. The molecular formula is C33H44O13. The Morgan fingerprint density at radius 2 is 1.35 bits per heavy atom. The SMILES string of the molecule is C=C1C(OC(C)=O)[C@@H](OC(=O)/C(C)=C/C)C(=O)C(C)(C)/C=C/[C@@H](C)C(=O)C2(OC(C)=O)C[C@@](C)(O)C(OC(C)=O)[C@@H]2[C@@H]1OC(C)=O. The highest BCUT2D eigenvalue weighted by Crippen LogP contribution is 2.52. The van der Waals surface area contributed by atoms with Gasteiger partial charge in [-0.3, -0.25) is 28.8 Å². The number of allylic oxidation sites excluding steroid dienone is 3. The smallest absolute Gasteiger partial charge is 0.334 e. The normalized spacial score (nSPS) is 33.8. The molecule has 1 fully saturated rings. The lowest BCUT2D eigenvalue weighted by atomic mass is 9.72. The number of rotatable bonds is 6. The summed E-state index contributed by atoms with van der Waals surface area (Å²) in [5, 5.41) is 11.7. The highest BCUT2D eigenvalue weighted by Gasteiger charge is 2.70. The summed E-state index contributed by atoms with van der Waals surface area (Å²) in [6.07, 6.45) is -3.62. The first kappa shape index (κ1) is 38.1. The van der Waals surface area contributed by atoms with E-state index in [1.807, 2.05) is 0 Å². The molecule has 254 valence electrons. The van der Waals surface area contributed by atoms with Crippen molar-refractivity contribution in [2.45, 2.75) is 111 Å². The topological polar surface area (TPSA) is 186 Å². The molecular weight excluding hydrogens is 604 g/mol. The molecule has 0 aliphatic heterocycles. The van der Waals surface area contributed by atoms with Crippen LogP contribution in [-0.4, -0.2) is 82.1 Å². The molecule has 1 saturated carbocycles. The van der Waals surface area contributed by atoms with E-state index in [-0.39, 0.29) is 11.1 Å². The van der Waals surface area contributed by atoms with Crippen LogP contribution in [0.2, 0.25) is 0 Å². The first-order valence-corrected chi connectivity index (χ1v) is 14.8. The summed E-state index contributed by atoms with van der Waals surface area (Å²) in [7, 11) is 0. The van der Waals surface area contributed by atoms with Crippen LogP contribution >= 0.6 is 0 Å². The fourth-order valence-corrected chi connectivity index (χ4v) is 5.94. The maximum absolute atomic E-state index is 14.4. The highest BCUT2D eigenvalue weighted by atomic mass is 16.6. The Morgan fingerprint density at radius 1 is 0.826 bits per heavy atom. The van der Waals surface area contributed by atoms with Gasteiger partial charge in [0.15, 0.2) is 23.3 Å². The second kappa shape index (κ2) is 14.1. The van der Waals surface area contributed by atoms with Gasteiger partial charge in [0.05, 0.1) is 5.92 Å². The molecule has 0 heterocycles. The standard InChI is InChI=1S/C33H44O13/c1-12-16(2)30(40)45-26-25(43-20(6)35)18(4)24(42-19(5)34)23-29(44-21(7)36)32(11,41)15-33(23,46-22(8)37)27(38)17(3)13-14-31(9,10)28(26)39/h12-14,17,23-26,29,41H,4,15H2,1-3,5-11H3/b14-13+,16-12+/t17-,23+,24-,25?,26-,29?,32-,33?/m1/s1. The monoisotopic (exact) mass is 648 g/mol. The van der Waals surface area contributed by atoms with Crippen molar-refractivity contribution >= 4 is 41.4 Å². The molecule has 2 aliphatic rings. The summed E-state index contributed by atoms with van der Waals surface area (Å²) in [5.74, 6) is -9.02. The van der Waals surface area contributed by atoms with Crippen molar-refractivity contribution in [3.63, 3.8) is 0 Å². The lowest BCUT2D eigenvalue weighted by Gasteiger charge is -2.42. The van der Waals surface area contributed by atoms with E-state index in [2.05, 4.69) is 6.58 Å². The van der Waals surface area contributed by atoms with E-state index in [4.69, 9.17) is 23.7 Å². The summed E-state index contributed by atoms with van der Waals surface area (Å²) < 4.78 is 28.2. The number of ketones is 2. The zero-order valence-electron chi connectivity index (χ0n) is 28.0. The Kier molecular flexibility index (Phi) is 11.7. The minimum absolute atomic E-state index is 0.117. The van der Waals surface area contributed by atoms with E-state index in [0.29, 0.717) is 0 Å².